The molecule has 1 aromatic carbocycles. The van der Waals surface area contributed by atoms with Gasteiger partial charge >= 0.3 is 0 Å². The third-order valence-corrected chi connectivity index (χ3v) is 5.47. The molecule has 2 rings (SSSR count). The Hall–Kier alpha value is -1.31. The van der Waals surface area contributed by atoms with E-state index >= 15 is 0 Å². The lowest BCUT2D eigenvalue weighted by atomic mass is 9.80. The van der Waals surface area contributed by atoms with Crippen LogP contribution in [0, 0.1) is 0 Å². The second-order valence-corrected chi connectivity index (χ2v) is 7.18. The number of methoxy groups -OCH3 is 2. The van der Waals surface area contributed by atoms with Crippen molar-refractivity contribution in [3.63, 3.8) is 0 Å². The minimum atomic E-state index is -3.67. The number of rotatable bonds is 6. The molecule has 0 radical (unpaired) electrons. The van der Waals surface area contributed by atoms with Gasteiger partial charge in [0.05, 0.1) is 25.7 Å². The number of ether oxygens (including phenoxy) is 2. The van der Waals surface area contributed by atoms with Gasteiger partial charge in [-0.1, -0.05) is 0 Å². The molecule has 118 valence electrons. The number of sulfonamides is 1. The molecule has 0 amide bonds. The Morgan fingerprint density at radius 2 is 1.95 bits per heavy atom. The molecule has 1 aliphatic carbocycles. The maximum Gasteiger partial charge on any atom is 0.241 e. The molecule has 0 spiro atoms. The molecule has 6 nitrogen and oxygen atoms in total. The fourth-order valence-electron chi connectivity index (χ4n) is 2.48. The fourth-order valence-corrected chi connectivity index (χ4v) is 4.01. The summed E-state index contributed by atoms with van der Waals surface area (Å²) in [6.45, 7) is 1.56. The third kappa shape index (κ3) is 3.14. The van der Waals surface area contributed by atoms with Crippen molar-refractivity contribution in [2.24, 2.45) is 0 Å². The summed E-state index contributed by atoms with van der Waals surface area (Å²) < 4.78 is 38.0. The topological polar surface area (TPSA) is 84.9 Å². The number of nitrogens with one attached hydrogen (secondary N) is 1. The van der Waals surface area contributed by atoms with Crippen LogP contribution in [0.15, 0.2) is 17.0 Å². The van der Waals surface area contributed by atoms with Gasteiger partial charge in [0.1, 0.15) is 0 Å². The van der Waals surface area contributed by atoms with Gasteiger partial charge in [0.2, 0.25) is 10.0 Å². The van der Waals surface area contributed by atoms with E-state index in [1.807, 2.05) is 6.92 Å². The van der Waals surface area contributed by atoms with Crippen LogP contribution in [0.1, 0.15) is 31.7 Å². The number of hydrogen-bond acceptors (Lipinski definition) is 5. The van der Waals surface area contributed by atoms with Crippen molar-refractivity contribution >= 4 is 10.0 Å². The highest BCUT2D eigenvalue weighted by Crippen LogP contribution is 2.36. The van der Waals surface area contributed by atoms with Crippen LogP contribution in [0.3, 0.4) is 0 Å². The van der Waals surface area contributed by atoms with E-state index in [1.54, 1.807) is 0 Å². The van der Waals surface area contributed by atoms with E-state index in [9.17, 15) is 13.5 Å². The molecular weight excluding hydrogens is 294 g/mol. The molecule has 7 heteroatoms. The van der Waals surface area contributed by atoms with E-state index in [-0.39, 0.29) is 22.8 Å². The molecule has 0 atom stereocenters. The first kappa shape index (κ1) is 16.1. The third-order valence-electron chi connectivity index (χ3n) is 3.85. The molecule has 1 aliphatic rings. The minimum Gasteiger partial charge on any atom is -0.493 e. The molecule has 1 aromatic rings. The lowest BCUT2D eigenvalue weighted by Gasteiger charge is -2.38. The molecule has 0 saturated heterocycles. The first-order valence-electron chi connectivity index (χ1n) is 6.75. The number of aliphatic hydroxyl groups excluding tert-OH is 1. The smallest absolute Gasteiger partial charge is 0.241 e. The molecule has 0 aliphatic heterocycles. The Kier molecular flexibility index (Phi) is 4.46. The molecule has 0 bridgehead atoms. The Balaban J connectivity index is 2.43. The zero-order valence-corrected chi connectivity index (χ0v) is 13.3. The molecule has 0 aromatic heterocycles. The predicted octanol–water partition coefficient (Wildman–Crippen LogP) is 1.42. The van der Waals surface area contributed by atoms with E-state index in [0.717, 1.165) is 19.3 Å². The van der Waals surface area contributed by atoms with Crippen LogP contribution in [0.4, 0.5) is 0 Å². The average molecular weight is 315 g/mol. The van der Waals surface area contributed by atoms with Crippen LogP contribution in [-0.4, -0.2) is 33.3 Å². The summed E-state index contributed by atoms with van der Waals surface area (Å²) in [6, 6.07) is 2.81. The van der Waals surface area contributed by atoms with E-state index in [4.69, 9.17) is 9.47 Å². The lowest BCUT2D eigenvalue weighted by molar-refractivity contribution is 0.248. The van der Waals surface area contributed by atoms with Crippen molar-refractivity contribution in [3.8, 4) is 11.5 Å². The number of benzene rings is 1. The summed E-state index contributed by atoms with van der Waals surface area (Å²) in [5.41, 5.74) is -0.0123. The van der Waals surface area contributed by atoms with E-state index in [1.165, 1.54) is 26.4 Å². The van der Waals surface area contributed by atoms with Crippen molar-refractivity contribution in [1.29, 1.82) is 0 Å². The van der Waals surface area contributed by atoms with Gasteiger partial charge in [0.15, 0.2) is 11.5 Å². The second kappa shape index (κ2) is 5.82. The van der Waals surface area contributed by atoms with Gasteiger partial charge in [0, 0.05) is 17.2 Å². The number of hydrogen-bond donors (Lipinski definition) is 2. The Labute approximate surface area is 125 Å². The minimum absolute atomic E-state index is 0.0670. The highest BCUT2D eigenvalue weighted by Gasteiger charge is 2.36. The molecule has 0 unspecified atom stereocenters. The van der Waals surface area contributed by atoms with Crippen LogP contribution in [0.2, 0.25) is 0 Å². The lowest BCUT2D eigenvalue weighted by Crippen LogP contribution is -2.50. The van der Waals surface area contributed by atoms with Gasteiger partial charge in [-0.15, -0.1) is 0 Å². The van der Waals surface area contributed by atoms with Gasteiger partial charge in [-0.2, -0.15) is 0 Å². The fraction of sp³-hybridized carbons (Fsp3) is 0.571. The molecule has 1 saturated carbocycles. The first-order chi connectivity index (χ1) is 9.85. The van der Waals surface area contributed by atoms with Crippen molar-refractivity contribution in [2.75, 3.05) is 14.2 Å². The van der Waals surface area contributed by atoms with Gasteiger partial charge in [-0.25, -0.2) is 13.1 Å². The highest BCUT2D eigenvalue weighted by molar-refractivity contribution is 7.89. The van der Waals surface area contributed by atoms with Crippen molar-refractivity contribution in [1.82, 2.24) is 4.72 Å². The Bertz CT molecular complexity index is 597. The van der Waals surface area contributed by atoms with E-state index < -0.39 is 10.0 Å². The first-order valence-corrected chi connectivity index (χ1v) is 8.23. The average Bonchev–Trinajstić information content (AvgIpc) is 2.43. The quantitative estimate of drug-likeness (QED) is 0.829. The normalized spacial score (nSPS) is 17.1. The van der Waals surface area contributed by atoms with Gasteiger partial charge < -0.3 is 14.6 Å². The molecule has 0 heterocycles. The molecule has 1 fully saturated rings. The van der Waals surface area contributed by atoms with E-state index in [0.29, 0.717) is 11.3 Å². The van der Waals surface area contributed by atoms with Crippen LogP contribution in [-0.2, 0) is 16.6 Å². The molecule has 21 heavy (non-hydrogen) atoms. The summed E-state index contributed by atoms with van der Waals surface area (Å²) in [5, 5.41) is 9.40. The largest absolute Gasteiger partial charge is 0.493 e. The molecule has 2 N–H and O–H groups in total. The van der Waals surface area contributed by atoms with Gasteiger partial charge in [0.25, 0.3) is 0 Å². The van der Waals surface area contributed by atoms with Crippen LogP contribution < -0.4 is 14.2 Å². The Morgan fingerprint density at radius 1 is 1.29 bits per heavy atom. The maximum absolute atomic E-state index is 12.5. The highest BCUT2D eigenvalue weighted by atomic mass is 32.2. The monoisotopic (exact) mass is 315 g/mol. The SMILES string of the molecule is COc1cc(S(=O)(=O)NC2(C)CCC2)cc(CO)c1OC. The molecular formula is C14H21NO5S. The van der Waals surface area contributed by atoms with Crippen LogP contribution >= 0.6 is 0 Å². The zero-order valence-electron chi connectivity index (χ0n) is 12.5. The summed E-state index contributed by atoms with van der Waals surface area (Å²) in [7, 11) is -0.796. The number of aliphatic hydroxyl groups is 1. The summed E-state index contributed by atoms with van der Waals surface area (Å²) >= 11 is 0. The van der Waals surface area contributed by atoms with Crippen molar-refractivity contribution < 1.29 is 23.0 Å². The van der Waals surface area contributed by atoms with Gasteiger partial charge in [-0.3, -0.25) is 0 Å². The van der Waals surface area contributed by atoms with Crippen LogP contribution in [0.5, 0.6) is 11.5 Å². The summed E-state index contributed by atoms with van der Waals surface area (Å²) in [4.78, 5) is 0.0670. The Morgan fingerprint density at radius 3 is 2.38 bits per heavy atom. The van der Waals surface area contributed by atoms with Crippen LogP contribution in [0.25, 0.3) is 0 Å². The zero-order chi connectivity index (χ0) is 15.7. The van der Waals surface area contributed by atoms with E-state index in [2.05, 4.69) is 4.72 Å². The maximum atomic E-state index is 12.5. The standard InChI is InChI=1S/C14H21NO5S/c1-14(5-4-6-14)15-21(17,18)11-7-10(9-16)13(20-3)12(8-11)19-2/h7-8,15-16H,4-6,9H2,1-3H3. The van der Waals surface area contributed by atoms with Crippen molar-refractivity contribution in [3.05, 3.63) is 17.7 Å². The van der Waals surface area contributed by atoms with Crippen molar-refractivity contribution in [2.45, 2.75) is 43.2 Å². The summed E-state index contributed by atoms with van der Waals surface area (Å²) in [5.74, 6) is 0.622. The second-order valence-electron chi connectivity index (χ2n) is 5.50. The van der Waals surface area contributed by atoms with Gasteiger partial charge in [-0.05, 0) is 32.3 Å². The predicted molar refractivity (Wildman–Crippen MR) is 78.0 cm³/mol. The summed E-state index contributed by atoms with van der Waals surface area (Å²) in [6.07, 6.45) is 2.67.